The first-order valence-corrected chi connectivity index (χ1v) is 7.13. The maximum absolute atomic E-state index is 10.8. The summed E-state index contributed by atoms with van der Waals surface area (Å²) in [7, 11) is 0. The van der Waals surface area contributed by atoms with Crippen molar-refractivity contribution in [2.24, 2.45) is 0 Å². The smallest absolute Gasteiger partial charge is 1.00 e. The molecule has 1 N–H and O–H groups in total. The minimum atomic E-state index is -1.26. The Balaban J connectivity index is -0.000000350. The average Bonchev–Trinajstić information content (AvgIpc) is 2.57. The number of halogens is 1. The molecule has 4 nitrogen and oxygen atoms in total. The molecule has 6 heteroatoms. The molecule has 132 valence electrons. The predicted molar refractivity (Wildman–Crippen MR) is 100 cm³/mol. The van der Waals surface area contributed by atoms with Crippen molar-refractivity contribution in [2.45, 2.75) is 33.3 Å². The fourth-order valence-electron chi connectivity index (χ4n) is 1.92. The molecule has 1 atom stereocenters. The number of hydrogen-bond donors (Lipinski definition) is 1. The fourth-order valence-corrected chi connectivity index (χ4v) is 1.92. The molecule has 0 fully saturated rings. The van der Waals surface area contributed by atoms with E-state index in [-0.39, 0.29) is 45.8 Å². The maximum Gasteiger partial charge on any atom is 2.00 e. The standard InChI is InChI=1S/C10H11NO.C8H9NO.C2H.BrH.Mg/c1-4-10(3,12)9-8(2)6-5-7-11-9;1-6-4-3-5-9-8(6)7(2)10;1-2;;/h1,5-7,12H,2-3H3;3-5H,1-2H3;1H;1H;/q;;-1;;+2/p-1. The zero-order valence-corrected chi connectivity index (χ0v) is 18.5. The van der Waals surface area contributed by atoms with Gasteiger partial charge < -0.3 is 34.9 Å². The molecule has 1 unspecified atom stereocenters. The van der Waals surface area contributed by atoms with Crippen molar-refractivity contribution < 1.29 is 26.9 Å². The number of carbonyl (C=O) groups is 1. The quantitative estimate of drug-likeness (QED) is 0.309. The number of carbonyl (C=O) groups excluding carboxylic acids is 1. The summed E-state index contributed by atoms with van der Waals surface area (Å²) >= 11 is 0. The minimum Gasteiger partial charge on any atom is -1.00 e. The zero-order valence-electron chi connectivity index (χ0n) is 15.5. The van der Waals surface area contributed by atoms with Crippen molar-refractivity contribution in [3.05, 3.63) is 65.6 Å². The molecule has 2 aromatic heterocycles. The third-order valence-corrected chi connectivity index (χ3v) is 3.09. The van der Waals surface area contributed by atoms with Gasteiger partial charge in [0.15, 0.2) is 11.4 Å². The predicted octanol–water partition coefficient (Wildman–Crippen LogP) is -0.347. The van der Waals surface area contributed by atoms with E-state index >= 15 is 0 Å². The van der Waals surface area contributed by atoms with Gasteiger partial charge in [0, 0.05) is 19.3 Å². The molecule has 0 radical (unpaired) electrons. The van der Waals surface area contributed by atoms with Crippen LogP contribution in [0, 0.1) is 39.0 Å². The summed E-state index contributed by atoms with van der Waals surface area (Å²) in [5.74, 6) is 2.32. The van der Waals surface area contributed by atoms with Crippen LogP contribution in [0.25, 0.3) is 0 Å². The van der Waals surface area contributed by atoms with Gasteiger partial charge >= 0.3 is 23.1 Å². The van der Waals surface area contributed by atoms with Crippen LogP contribution >= 0.6 is 0 Å². The molecule has 0 saturated carbocycles. The van der Waals surface area contributed by atoms with Crippen LogP contribution in [-0.4, -0.2) is 43.9 Å². The fraction of sp³-hybridized carbons (Fsp3) is 0.250. The maximum atomic E-state index is 10.8. The molecule has 0 saturated heterocycles. The van der Waals surface area contributed by atoms with Gasteiger partial charge in [-0.2, -0.15) is 0 Å². The number of terminal acetylenes is 2. The normalized spacial score (nSPS) is 10.5. The van der Waals surface area contributed by atoms with Crippen molar-refractivity contribution in [2.75, 3.05) is 0 Å². The Bertz CT molecular complexity index is 753. The van der Waals surface area contributed by atoms with Gasteiger partial charge in [-0.1, -0.05) is 18.1 Å². The number of ketones is 1. The molecular weight excluding hydrogens is 404 g/mol. The van der Waals surface area contributed by atoms with E-state index < -0.39 is 5.60 Å². The van der Waals surface area contributed by atoms with Crippen LogP contribution < -0.4 is 17.0 Å². The monoisotopic (exact) mass is 424 g/mol. The third kappa shape index (κ3) is 9.12. The van der Waals surface area contributed by atoms with Crippen LogP contribution in [0.1, 0.15) is 41.2 Å². The first-order chi connectivity index (χ1) is 11.3. The van der Waals surface area contributed by atoms with Gasteiger partial charge in [-0.3, -0.25) is 14.8 Å². The average molecular weight is 426 g/mol. The van der Waals surface area contributed by atoms with E-state index in [2.05, 4.69) is 22.3 Å². The van der Waals surface area contributed by atoms with Crippen molar-refractivity contribution >= 4 is 28.8 Å². The summed E-state index contributed by atoms with van der Waals surface area (Å²) in [4.78, 5) is 18.8. The molecule has 0 aromatic carbocycles. The van der Waals surface area contributed by atoms with Gasteiger partial charge in [0.2, 0.25) is 0 Å². The Kier molecular flexibility index (Phi) is 16.2. The summed E-state index contributed by atoms with van der Waals surface area (Å²) in [6.07, 6.45) is 17.4. The van der Waals surface area contributed by atoms with Gasteiger partial charge in [-0.15, -0.1) is 6.42 Å². The van der Waals surface area contributed by atoms with Crippen LogP contribution in [0.15, 0.2) is 36.7 Å². The van der Waals surface area contributed by atoms with Gasteiger partial charge in [0.25, 0.3) is 0 Å². The summed E-state index contributed by atoms with van der Waals surface area (Å²) < 4.78 is 0. The third-order valence-electron chi connectivity index (χ3n) is 3.09. The first-order valence-electron chi connectivity index (χ1n) is 7.13. The van der Waals surface area contributed by atoms with Gasteiger partial charge in [-0.05, 0) is 44.0 Å². The van der Waals surface area contributed by atoms with Crippen LogP contribution in [0.2, 0.25) is 0 Å². The number of Topliss-reactive ketones (excluding diaryl/α,β-unsaturated/α-hetero) is 1. The molecule has 26 heavy (non-hydrogen) atoms. The Morgan fingerprint density at radius 3 is 1.96 bits per heavy atom. The molecule has 2 aromatic rings. The van der Waals surface area contributed by atoms with Crippen LogP contribution in [0.3, 0.4) is 0 Å². The zero-order chi connectivity index (χ0) is 18.8. The second-order valence-corrected chi connectivity index (χ2v) is 5.11. The molecule has 0 amide bonds. The Morgan fingerprint density at radius 2 is 1.62 bits per heavy atom. The number of aryl methyl sites for hydroxylation is 2. The van der Waals surface area contributed by atoms with E-state index in [1.165, 1.54) is 6.92 Å². The molecule has 2 rings (SSSR count). The van der Waals surface area contributed by atoms with Crippen molar-refractivity contribution in [1.82, 2.24) is 9.97 Å². The molecular formula is C20H21BrMgN2O2. The molecule has 0 aliphatic rings. The summed E-state index contributed by atoms with van der Waals surface area (Å²) in [5.41, 5.74) is 1.70. The second kappa shape index (κ2) is 14.5. The summed E-state index contributed by atoms with van der Waals surface area (Å²) in [5, 5.41) is 9.68. The van der Waals surface area contributed by atoms with Crippen molar-refractivity contribution in [1.29, 1.82) is 0 Å². The van der Waals surface area contributed by atoms with Gasteiger partial charge in [0.05, 0.1) is 5.69 Å². The number of aliphatic hydroxyl groups is 1. The van der Waals surface area contributed by atoms with Crippen LogP contribution in [0.5, 0.6) is 0 Å². The van der Waals surface area contributed by atoms with Gasteiger partial charge in [-0.25, -0.2) is 0 Å². The van der Waals surface area contributed by atoms with E-state index in [0.29, 0.717) is 11.4 Å². The molecule has 0 spiro atoms. The van der Waals surface area contributed by atoms with Crippen LogP contribution in [-0.2, 0) is 5.60 Å². The van der Waals surface area contributed by atoms with Crippen molar-refractivity contribution in [3.63, 3.8) is 0 Å². The second-order valence-electron chi connectivity index (χ2n) is 5.11. The van der Waals surface area contributed by atoms with E-state index in [1.54, 1.807) is 19.3 Å². The number of pyridine rings is 2. The van der Waals surface area contributed by atoms with Crippen molar-refractivity contribution in [3.8, 4) is 18.8 Å². The molecule has 0 aliphatic heterocycles. The van der Waals surface area contributed by atoms with E-state index in [0.717, 1.165) is 11.1 Å². The summed E-state index contributed by atoms with van der Waals surface area (Å²) in [6.45, 7) is 6.83. The Morgan fingerprint density at radius 1 is 1.15 bits per heavy atom. The number of rotatable bonds is 2. The number of nitrogens with zero attached hydrogens (tertiary/aromatic N) is 2. The minimum absolute atomic E-state index is 0. The van der Waals surface area contributed by atoms with Crippen LogP contribution in [0.4, 0.5) is 0 Å². The molecule has 0 aliphatic carbocycles. The molecule has 2 heterocycles. The Hall–Kier alpha value is -1.70. The SMILES string of the molecule is C#CC(C)(O)c1ncccc1C.CC(=O)c1ncccc1C.[Br-].[C-]#C.[Mg+2]. The number of hydrogen-bond acceptors (Lipinski definition) is 4. The molecule has 0 bridgehead atoms. The summed E-state index contributed by atoms with van der Waals surface area (Å²) in [6, 6.07) is 7.38. The Labute approximate surface area is 182 Å². The van der Waals surface area contributed by atoms with E-state index in [1.807, 2.05) is 38.1 Å². The first kappa shape index (κ1) is 29.1. The van der Waals surface area contributed by atoms with E-state index in [9.17, 15) is 9.90 Å². The van der Waals surface area contributed by atoms with Gasteiger partial charge in [0.1, 0.15) is 5.69 Å². The number of aromatic nitrogens is 2. The van der Waals surface area contributed by atoms with E-state index in [4.69, 9.17) is 12.8 Å². The largest absolute Gasteiger partial charge is 2.00 e. The topological polar surface area (TPSA) is 63.1 Å².